The maximum Gasteiger partial charge on any atom is 0.163 e. The van der Waals surface area contributed by atoms with E-state index in [0.29, 0.717) is 5.56 Å². The largest absolute Gasteiger partial charge is 0.381 e. The van der Waals surface area contributed by atoms with Crippen molar-refractivity contribution in [1.29, 1.82) is 0 Å². The van der Waals surface area contributed by atoms with Gasteiger partial charge in [0.25, 0.3) is 0 Å². The van der Waals surface area contributed by atoms with Gasteiger partial charge < -0.3 is 5.32 Å². The summed E-state index contributed by atoms with van der Waals surface area (Å²) >= 11 is 0. The van der Waals surface area contributed by atoms with Crippen LogP contribution in [-0.4, -0.2) is 0 Å². The van der Waals surface area contributed by atoms with E-state index < -0.39 is 11.6 Å². The Balaban J connectivity index is 2.14. The minimum atomic E-state index is -0.807. The summed E-state index contributed by atoms with van der Waals surface area (Å²) in [7, 11) is 0. The number of hydrogen-bond donors (Lipinski definition) is 1. The summed E-state index contributed by atoms with van der Waals surface area (Å²) < 4.78 is 26.5. The monoisotopic (exact) mass is 247 g/mol. The number of nitrogens with one attached hydrogen (secondary N) is 1. The zero-order valence-corrected chi connectivity index (χ0v) is 10.2. The van der Waals surface area contributed by atoms with E-state index in [1.807, 2.05) is 24.3 Å². The van der Waals surface area contributed by atoms with Gasteiger partial charge >= 0.3 is 0 Å². The second-order valence-corrected chi connectivity index (χ2v) is 4.08. The maximum atomic E-state index is 13.5. The molecule has 0 heterocycles. The van der Waals surface area contributed by atoms with Gasteiger partial charge in [0, 0.05) is 17.8 Å². The highest BCUT2D eigenvalue weighted by Crippen LogP contribution is 2.18. The third-order valence-electron chi connectivity index (χ3n) is 2.90. The fraction of sp³-hybridized carbons (Fsp3) is 0.200. The van der Waals surface area contributed by atoms with E-state index in [0.717, 1.165) is 23.7 Å². The Kier molecular flexibility index (Phi) is 3.92. The van der Waals surface area contributed by atoms with Crippen molar-refractivity contribution in [2.24, 2.45) is 0 Å². The van der Waals surface area contributed by atoms with Gasteiger partial charge in [-0.1, -0.05) is 37.3 Å². The fourth-order valence-corrected chi connectivity index (χ4v) is 1.88. The van der Waals surface area contributed by atoms with Gasteiger partial charge in [0.1, 0.15) is 0 Å². The number of benzene rings is 2. The molecule has 18 heavy (non-hydrogen) atoms. The van der Waals surface area contributed by atoms with Gasteiger partial charge in [0.05, 0.1) is 0 Å². The third kappa shape index (κ3) is 2.67. The molecule has 3 heteroatoms. The van der Waals surface area contributed by atoms with E-state index in [1.54, 1.807) is 6.07 Å². The summed E-state index contributed by atoms with van der Waals surface area (Å²) in [5, 5.41) is 3.14. The summed E-state index contributed by atoms with van der Waals surface area (Å²) in [5.74, 6) is -1.59. The Morgan fingerprint density at radius 2 is 1.67 bits per heavy atom. The summed E-state index contributed by atoms with van der Waals surface area (Å²) in [6.45, 7) is 2.34. The first-order valence-corrected chi connectivity index (χ1v) is 5.97. The number of para-hydroxylation sites is 1. The predicted molar refractivity (Wildman–Crippen MR) is 69.5 cm³/mol. The lowest BCUT2D eigenvalue weighted by Gasteiger charge is -2.11. The zero-order chi connectivity index (χ0) is 13.0. The van der Waals surface area contributed by atoms with E-state index >= 15 is 0 Å². The second kappa shape index (κ2) is 5.63. The van der Waals surface area contributed by atoms with E-state index in [9.17, 15) is 8.78 Å². The van der Waals surface area contributed by atoms with E-state index in [2.05, 4.69) is 12.2 Å². The number of anilines is 1. The topological polar surface area (TPSA) is 12.0 Å². The Labute approximate surface area is 105 Å². The first-order chi connectivity index (χ1) is 8.72. The molecule has 0 aromatic heterocycles. The normalized spacial score (nSPS) is 10.4. The van der Waals surface area contributed by atoms with Crippen LogP contribution in [0.2, 0.25) is 0 Å². The molecule has 0 saturated heterocycles. The Morgan fingerprint density at radius 1 is 0.944 bits per heavy atom. The second-order valence-electron chi connectivity index (χ2n) is 4.08. The van der Waals surface area contributed by atoms with Crippen LogP contribution in [0.15, 0.2) is 42.5 Å². The molecule has 0 aliphatic carbocycles. The van der Waals surface area contributed by atoms with Gasteiger partial charge in [-0.25, -0.2) is 8.78 Å². The highest BCUT2D eigenvalue weighted by Gasteiger charge is 2.07. The molecule has 0 atom stereocenters. The standard InChI is InChI=1S/C15H15F2N/c1-2-11-6-3-4-9-14(11)18-10-12-7-5-8-13(16)15(12)17/h3-9,18H,2,10H2,1H3. The first-order valence-electron chi connectivity index (χ1n) is 5.97. The summed E-state index contributed by atoms with van der Waals surface area (Å²) in [6.07, 6.45) is 0.898. The zero-order valence-electron chi connectivity index (χ0n) is 10.2. The van der Waals surface area contributed by atoms with Gasteiger partial charge in [-0.05, 0) is 24.1 Å². The molecule has 0 fully saturated rings. The number of hydrogen-bond acceptors (Lipinski definition) is 1. The molecule has 1 N–H and O–H groups in total. The Hall–Kier alpha value is -1.90. The van der Waals surface area contributed by atoms with Crippen molar-refractivity contribution in [3.05, 3.63) is 65.2 Å². The minimum absolute atomic E-state index is 0.278. The van der Waals surface area contributed by atoms with Crippen LogP contribution in [0.25, 0.3) is 0 Å². The lowest BCUT2D eigenvalue weighted by molar-refractivity contribution is 0.500. The van der Waals surface area contributed by atoms with Crippen molar-refractivity contribution < 1.29 is 8.78 Å². The van der Waals surface area contributed by atoms with Gasteiger partial charge in [-0.15, -0.1) is 0 Å². The van der Waals surface area contributed by atoms with Crippen molar-refractivity contribution >= 4 is 5.69 Å². The fourth-order valence-electron chi connectivity index (χ4n) is 1.88. The average Bonchev–Trinajstić information content (AvgIpc) is 2.41. The van der Waals surface area contributed by atoms with Crippen LogP contribution in [0.3, 0.4) is 0 Å². The van der Waals surface area contributed by atoms with Crippen LogP contribution in [0.1, 0.15) is 18.1 Å². The van der Waals surface area contributed by atoms with Crippen LogP contribution in [0.4, 0.5) is 14.5 Å². The molecule has 0 aliphatic rings. The van der Waals surface area contributed by atoms with Crippen molar-refractivity contribution in [3.63, 3.8) is 0 Å². The molecule has 0 spiro atoms. The van der Waals surface area contributed by atoms with Gasteiger partial charge in [0.2, 0.25) is 0 Å². The van der Waals surface area contributed by atoms with Gasteiger partial charge in [-0.3, -0.25) is 0 Å². The van der Waals surface area contributed by atoms with Crippen molar-refractivity contribution in [3.8, 4) is 0 Å². The van der Waals surface area contributed by atoms with Gasteiger partial charge in [-0.2, -0.15) is 0 Å². The van der Waals surface area contributed by atoms with E-state index in [-0.39, 0.29) is 6.54 Å². The van der Waals surface area contributed by atoms with E-state index in [4.69, 9.17) is 0 Å². The molecule has 0 bridgehead atoms. The summed E-state index contributed by atoms with van der Waals surface area (Å²) in [5.41, 5.74) is 2.46. The van der Waals surface area contributed by atoms with Gasteiger partial charge in [0.15, 0.2) is 11.6 Å². The van der Waals surface area contributed by atoms with Crippen LogP contribution < -0.4 is 5.32 Å². The molecule has 0 radical (unpaired) electrons. The average molecular weight is 247 g/mol. The molecule has 1 nitrogen and oxygen atoms in total. The summed E-state index contributed by atoms with van der Waals surface area (Å²) in [6, 6.07) is 12.1. The Bertz CT molecular complexity index is 538. The van der Waals surface area contributed by atoms with Crippen molar-refractivity contribution in [2.75, 3.05) is 5.32 Å². The molecule has 94 valence electrons. The number of rotatable bonds is 4. The highest BCUT2D eigenvalue weighted by molar-refractivity contribution is 5.51. The quantitative estimate of drug-likeness (QED) is 0.856. The SMILES string of the molecule is CCc1ccccc1NCc1cccc(F)c1F. The lowest BCUT2D eigenvalue weighted by atomic mass is 10.1. The van der Waals surface area contributed by atoms with Crippen molar-refractivity contribution in [2.45, 2.75) is 19.9 Å². The minimum Gasteiger partial charge on any atom is -0.381 e. The van der Waals surface area contributed by atoms with E-state index in [1.165, 1.54) is 6.07 Å². The maximum absolute atomic E-state index is 13.5. The number of aryl methyl sites for hydroxylation is 1. The molecule has 0 saturated carbocycles. The highest BCUT2D eigenvalue weighted by atomic mass is 19.2. The summed E-state index contributed by atoms with van der Waals surface area (Å²) in [4.78, 5) is 0. The lowest BCUT2D eigenvalue weighted by Crippen LogP contribution is -2.04. The first kappa shape index (κ1) is 12.6. The molecule has 0 unspecified atom stereocenters. The van der Waals surface area contributed by atoms with Crippen molar-refractivity contribution in [1.82, 2.24) is 0 Å². The molecule has 2 rings (SSSR count). The molecule has 2 aromatic rings. The molecular weight excluding hydrogens is 232 g/mol. The Morgan fingerprint density at radius 3 is 2.44 bits per heavy atom. The van der Waals surface area contributed by atoms with Crippen LogP contribution >= 0.6 is 0 Å². The van der Waals surface area contributed by atoms with Crippen LogP contribution in [0.5, 0.6) is 0 Å². The molecule has 0 amide bonds. The van der Waals surface area contributed by atoms with Crippen LogP contribution in [0, 0.1) is 11.6 Å². The molecule has 2 aromatic carbocycles. The smallest absolute Gasteiger partial charge is 0.163 e. The predicted octanol–water partition coefficient (Wildman–Crippen LogP) is 4.14. The third-order valence-corrected chi connectivity index (χ3v) is 2.90. The molecule has 0 aliphatic heterocycles. The van der Waals surface area contributed by atoms with Crippen LogP contribution in [-0.2, 0) is 13.0 Å². The molecular formula is C15H15F2N. The number of halogens is 2.